The van der Waals surface area contributed by atoms with Gasteiger partial charge in [0.1, 0.15) is 0 Å². The predicted octanol–water partition coefficient (Wildman–Crippen LogP) is -0.984. The molecule has 2 unspecified atom stereocenters. The second kappa shape index (κ2) is 10.0. The van der Waals surface area contributed by atoms with Crippen molar-refractivity contribution < 1.29 is 9.59 Å². The van der Waals surface area contributed by atoms with Gasteiger partial charge in [-0.15, -0.1) is 0 Å². The molecule has 23 heavy (non-hydrogen) atoms. The monoisotopic (exact) mass is 326 g/mol. The van der Waals surface area contributed by atoms with Gasteiger partial charge in [-0.25, -0.2) is 0 Å². The van der Waals surface area contributed by atoms with Crippen molar-refractivity contribution in [2.24, 2.45) is 10.7 Å². The smallest absolute Gasteiger partial charge is 0.239 e. The maximum atomic E-state index is 12.6. The van der Waals surface area contributed by atoms with Crippen LogP contribution in [0.4, 0.5) is 0 Å². The number of hydrogen-bond acceptors (Lipinski definition) is 4. The normalized spacial score (nSPS) is 22.7. The molecule has 1 heterocycles. The Morgan fingerprint density at radius 1 is 1.48 bits per heavy atom. The van der Waals surface area contributed by atoms with Crippen LogP contribution in [0, 0.1) is 0 Å². The molecule has 8 heteroatoms. The summed E-state index contributed by atoms with van der Waals surface area (Å²) < 4.78 is 0. The summed E-state index contributed by atoms with van der Waals surface area (Å²) in [6.07, 6.45) is 2.37. The molecule has 0 saturated carbocycles. The SMILES string of the molecule is CCN1CCC(CNC(C)=O)NC(CCCNC(N)=NC)C1=O. The van der Waals surface area contributed by atoms with Gasteiger partial charge in [0.25, 0.3) is 0 Å². The fourth-order valence-corrected chi connectivity index (χ4v) is 2.63. The van der Waals surface area contributed by atoms with E-state index in [1.54, 1.807) is 7.05 Å². The van der Waals surface area contributed by atoms with Crippen molar-refractivity contribution in [2.75, 3.05) is 33.2 Å². The number of amides is 2. The molecule has 5 N–H and O–H groups in total. The van der Waals surface area contributed by atoms with Crippen molar-refractivity contribution >= 4 is 17.8 Å². The fourth-order valence-electron chi connectivity index (χ4n) is 2.63. The van der Waals surface area contributed by atoms with Crippen LogP contribution < -0.4 is 21.7 Å². The molecule has 2 atom stereocenters. The molecular weight excluding hydrogens is 296 g/mol. The maximum Gasteiger partial charge on any atom is 0.239 e. The molecular formula is C15H30N6O2. The summed E-state index contributed by atoms with van der Waals surface area (Å²) in [6, 6.07) is -0.113. The van der Waals surface area contributed by atoms with Gasteiger partial charge in [0.2, 0.25) is 11.8 Å². The van der Waals surface area contributed by atoms with Crippen LogP contribution in [0.25, 0.3) is 0 Å². The minimum atomic E-state index is -0.224. The van der Waals surface area contributed by atoms with Gasteiger partial charge in [0, 0.05) is 46.2 Å². The average Bonchev–Trinajstić information content (AvgIpc) is 2.68. The first kappa shape index (κ1) is 19.2. The number of rotatable bonds is 7. The van der Waals surface area contributed by atoms with E-state index in [4.69, 9.17) is 5.73 Å². The Morgan fingerprint density at radius 3 is 2.83 bits per heavy atom. The molecule has 0 aromatic rings. The van der Waals surface area contributed by atoms with Crippen molar-refractivity contribution in [3.63, 3.8) is 0 Å². The number of nitrogens with two attached hydrogens (primary N) is 1. The Kier molecular flexibility index (Phi) is 8.39. The Labute approximate surface area is 138 Å². The molecule has 0 aromatic heterocycles. The van der Waals surface area contributed by atoms with Crippen LogP contribution in [0.3, 0.4) is 0 Å². The first-order chi connectivity index (χ1) is 11.0. The van der Waals surface area contributed by atoms with Crippen molar-refractivity contribution in [2.45, 2.75) is 45.2 Å². The summed E-state index contributed by atoms with van der Waals surface area (Å²) in [7, 11) is 1.63. The minimum Gasteiger partial charge on any atom is -0.370 e. The fraction of sp³-hybridized carbons (Fsp3) is 0.800. The topological polar surface area (TPSA) is 112 Å². The van der Waals surface area contributed by atoms with Gasteiger partial charge in [0.05, 0.1) is 6.04 Å². The lowest BCUT2D eigenvalue weighted by Gasteiger charge is -2.23. The zero-order chi connectivity index (χ0) is 17.2. The second-order valence-corrected chi connectivity index (χ2v) is 5.74. The third kappa shape index (κ3) is 6.85. The standard InChI is InChI=1S/C15H30N6O2/c1-4-21-9-7-12(10-19-11(2)22)20-13(14(21)23)6-5-8-18-15(16)17-3/h12-13,20H,4-10H2,1-3H3,(H,19,22)(H3,16,17,18). The van der Waals surface area contributed by atoms with E-state index in [2.05, 4.69) is 20.9 Å². The zero-order valence-corrected chi connectivity index (χ0v) is 14.4. The van der Waals surface area contributed by atoms with Crippen LogP contribution in [0.1, 0.15) is 33.1 Å². The quantitative estimate of drug-likeness (QED) is 0.273. The summed E-state index contributed by atoms with van der Waals surface area (Å²) in [5.74, 6) is 0.489. The number of carbonyl (C=O) groups excluding carboxylic acids is 2. The maximum absolute atomic E-state index is 12.6. The molecule has 8 nitrogen and oxygen atoms in total. The first-order valence-corrected chi connectivity index (χ1v) is 8.23. The van der Waals surface area contributed by atoms with Gasteiger partial charge >= 0.3 is 0 Å². The molecule has 0 aliphatic carbocycles. The molecule has 0 spiro atoms. The van der Waals surface area contributed by atoms with Gasteiger partial charge in [0.15, 0.2) is 5.96 Å². The van der Waals surface area contributed by atoms with E-state index in [0.29, 0.717) is 25.6 Å². The molecule has 1 rings (SSSR count). The summed E-state index contributed by atoms with van der Waals surface area (Å²) in [4.78, 5) is 29.4. The molecule has 132 valence electrons. The number of aliphatic imine (C=N–C) groups is 1. The average molecular weight is 326 g/mol. The number of nitrogens with zero attached hydrogens (tertiary/aromatic N) is 2. The second-order valence-electron chi connectivity index (χ2n) is 5.74. The van der Waals surface area contributed by atoms with Crippen LogP contribution in [0.2, 0.25) is 0 Å². The molecule has 1 saturated heterocycles. The van der Waals surface area contributed by atoms with Crippen molar-refractivity contribution in [1.82, 2.24) is 20.9 Å². The summed E-state index contributed by atoms with van der Waals surface area (Å²) in [5, 5.41) is 9.21. The molecule has 0 bridgehead atoms. The summed E-state index contributed by atoms with van der Waals surface area (Å²) in [5.41, 5.74) is 5.59. The van der Waals surface area contributed by atoms with Crippen molar-refractivity contribution in [3.8, 4) is 0 Å². The lowest BCUT2D eigenvalue weighted by atomic mass is 10.1. The molecule has 1 fully saturated rings. The van der Waals surface area contributed by atoms with Gasteiger partial charge in [-0.3, -0.25) is 14.6 Å². The molecule has 1 aliphatic heterocycles. The van der Waals surface area contributed by atoms with Crippen molar-refractivity contribution in [1.29, 1.82) is 0 Å². The minimum absolute atomic E-state index is 0.0511. The van der Waals surface area contributed by atoms with Gasteiger partial charge in [-0.05, 0) is 26.2 Å². The number of likely N-dealkylation sites (N-methyl/N-ethyl adjacent to an activating group) is 1. The van der Waals surface area contributed by atoms with Crippen LogP contribution in [0.5, 0.6) is 0 Å². The van der Waals surface area contributed by atoms with Crippen molar-refractivity contribution in [3.05, 3.63) is 0 Å². The summed E-state index contributed by atoms with van der Waals surface area (Å²) >= 11 is 0. The molecule has 0 aromatic carbocycles. The number of carbonyl (C=O) groups is 2. The third-order valence-electron chi connectivity index (χ3n) is 3.99. The highest BCUT2D eigenvalue weighted by molar-refractivity contribution is 5.82. The molecule has 1 aliphatic rings. The molecule has 0 radical (unpaired) electrons. The van der Waals surface area contributed by atoms with Crippen LogP contribution in [-0.4, -0.2) is 68.0 Å². The summed E-state index contributed by atoms with van der Waals surface area (Å²) in [6.45, 7) is 6.14. The van der Waals surface area contributed by atoms with E-state index in [0.717, 1.165) is 25.8 Å². The van der Waals surface area contributed by atoms with E-state index >= 15 is 0 Å². The lowest BCUT2D eigenvalue weighted by molar-refractivity contribution is -0.132. The molecule has 2 amide bonds. The van der Waals surface area contributed by atoms with E-state index in [9.17, 15) is 9.59 Å². The number of hydrogen-bond donors (Lipinski definition) is 4. The van der Waals surface area contributed by atoms with Gasteiger partial charge in [-0.1, -0.05) is 0 Å². The Balaban J connectivity index is 2.55. The van der Waals surface area contributed by atoms with Gasteiger partial charge < -0.3 is 26.6 Å². The number of guanidine groups is 1. The Morgan fingerprint density at radius 2 is 2.22 bits per heavy atom. The Bertz CT molecular complexity index is 426. The zero-order valence-electron chi connectivity index (χ0n) is 14.4. The lowest BCUT2D eigenvalue weighted by Crippen LogP contribution is -2.48. The first-order valence-electron chi connectivity index (χ1n) is 8.23. The highest BCUT2D eigenvalue weighted by Crippen LogP contribution is 2.11. The number of nitrogens with one attached hydrogen (secondary N) is 3. The Hall–Kier alpha value is -1.83. The predicted molar refractivity (Wildman–Crippen MR) is 91.0 cm³/mol. The van der Waals surface area contributed by atoms with Crippen LogP contribution in [0.15, 0.2) is 4.99 Å². The highest BCUT2D eigenvalue weighted by atomic mass is 16.2. The largest absolute Gasteiger partial charge is 0.370 e. The van der Waals surface area contributed by atoms with Crippen LogP contribution >= 0.6 is 0 Å². The van der Waals surface area contributed by atoms with E-state index in [1.165, 1.54) is 6.92 Å². The third-order valence-corrected chi connectivity index (χ3v) is 3.99. The van der Waals surface area contributed by atoms with Gasteiger partial charge in [-0.2, -0.15) is 0 Å². The van der Waals surface area contributed by atoms with Crippen LogP contribution in [-0.2, 0) is 9.59 Å². The van der Waals surface area contributed by atoms with E-state index in [-0.39, 0.29) is 23.9 Å². The van der Waals surface area contributed by atoms with E-state index in [1.807, 2.05) is 11.8 Å². The van der Waals surface area contributed by atoms with E-state index < -0.39 is 0 Å². The highest BCUT2D eigenvalue weighted by Gasteiger charge is 2.29.